The lowest BCUT2D eigenvalue weighted by atomic mass is 9.87. The third-order valence-corrected chi connectivity index (χ3v) is 6.04. The first-order chi connectivity index (χ1) is 14.9. The predicted molar refractivity (Wildman–Crippen MR) is 96.9 cm³/mol. The summed E-state index contributed by atoms with van der Waals surface area (Å²) in [6.45, 7) is 1.22. The quantitative estimate of drug-likeness (QED) is 0.623. The molecule has 3 fully saturated rings. The zero-order chi connectivity index (χ0) is 23.3. The van der Waals surface area contributed by atoms with Crippen LogP contribution in [0.4, 0.5) is 31.1 Å². The molecule has 0 N–H and O–H groups in total. The number of halogens is 6. The highest BCUT2D eigenvalue weighted by molar-refractivity contribution is 5.81. The molecule has 0 aliphatic carbocycles. The lowest BCUT2D eigenvalue weighted by Gasteiger charge is -2.46. The van der Waals surface area contributed by atoms with E-state index < -0.39 is 29.8 Å². The Kier molecular flexibility index (Phi) is 5.76. The molecule has 3 heterocycles. The van der Waals surface area contributed by atoms with Crippen molar-refractivity contribution in [3.63, 3.8) is 0 Å². The van der Waals surface area contributed by atoms with Crippen molar-refractivity contribution < 1.29 is 45.4 Å². The second kappa shape index (κ2) is 8.13. The van der Waals surface area contributed by atoms with Crippen molar-refractivity contribution in [2.75, 3.05) is 32.8 Å². The van der Waals surface area contributed by atoms with Crippen molar-refractivity contribution in [1.82, 2.24) is 9.80 Å². The standard InChI is InChI=1S/C20H20F6N2O4/c21-19(22,23)15-6-11(1-2-17(15)32-20(24,25)26)13-8-28(9-13)18(30)27-4-3-16-12(7-27)5-14(29)10-31-16/h1-2,6,12-13,16H,3-5,7-10H2/t12-,16+/m1/s1. The lowest BCUT2D eigenvalue weighted by molar-refractivity contribution is -0.276. The van der Waals surface area contributed by atoms with E-state index in [1.807, 2.05) is 0 Å². The van der Waals surface area contributed by atoms with Gasteiger partial charge in [-0.05, 0) is 24.1 Å². The van der Waals surface area contributed by atoms with Gasteiger partial charge < -0.3 is 19.3 Å². The number of urea groups is 1. The molecule has 12 heteroatoms. The highest BCUT2D eigenvalue weighted by Crippen LogP contribution is 2.41. The molecule has 1 aromatic rings. The molecule has 32 heavy (non-hydrogen) atoms. The maximum absolute atomic E-state index is 13.2. The monoisotopic (exact) mass is 466 g/mol. The molecule has 3 saturated heterocycles. The van der Waals surface area contributed by atoms with E-state index in [9.17, 15) is 35.9 Å². The summed E-state index contributed by atoms with van der Waals surface area (Å²) in [5, 5.41) is 0. The van der Waals surface area contributed by atoms with E-state index >= 15 is 0 Å². The number of fused-ring (bicyclic) bond motifs is 1. The average molecular weight is 466 g/mol. The summed E-state index contributed by atoms with van der Waals surface area (Å²) in [6.07, 6.45) is -9.37. The zero-order valence-corrected chi connectivity index (χ0v) is 16.7. The van der Waals surface area contributed by atoms with Crippen LogP contribution in [0, 0.1) is 5.92 Å². The number of rotatable bonds is 2. The van der Waals surface area contributed by atoms with Gasteiger partial charge in [0, 0.05) is 44.4 Å². The minimum Gasteiger partial charge on any atom is -0.405 e. The molecule has 0 saturated carbocycles. The van der Waals surface area contributed by atoms with Crippen molar-refractivity contribution in [2.45, 2.75) is 37.4 Å². The Morgan fingerprint density at radius 1 is 1.06 bits per heavy atom. The van der Waals surface area contributed by atoms with Crippen LogP contribution in [-0.4, -0.2) is 66.9 Å². The molecule has 1 aromatic carbocycles. The molecular weight excluding hydrogens is 446 g/mol. The van der Waals surface area contributed by atoms with Crippen LogP contribution in [0.5, 0.6) is 5.75 Å². The number of ketones is 1. The molecule has 0 spiro atoms. The molecule has 0 aromatic heterocycles. The van der Waals surface area contributed by atoms with Gasteiger partial charge in [-0.25, -0.2) is 4.79 Å². The number of carbonyl (C=O) groups excluding carboxylic acids is 2. The third-order valence-electron chi connectivity index (χ3n) is 6.04. The Morgan fingerprint density at radius 2 is 1.78 bits per heavy atom. The van der Waals surface area contributed by atoms with Gasteiger partial charge in [-0.3, -0.25) is 4.79 Å². The fourth-order valence-electron chi connectivity index (χ4n) is 4.43. The summed E-state index contributed by atoms with van der Waals surface area (Å²) in [7, 11) is 0. The number of hydrogen-bond acceptors (Lipinski definition) is 4. The van der Waals surface area contributed by atoms with Crippen LogP contribution >= 0.6 is 0 Å². The Hall–Kier alpha value is -2.50. The second-order valence-corrected chi connectivity index (χ2v) is 8.27. The molecule has 6 nitrogen and oxygen atoms in total. The molecule has 4 rings (SSSR count). The van der Waals surface area contributed by atoms with Gasteiger partial charge in [-0.15, -0.1) is 13.2 Å². The number of likely N-dealkylation sites (tertiary alicyclic amines) is 2. The van der Waals surface area contributed by atoms with E-state index in [4.69, 9.17) is 4.74 Å². The summed E-state index contributed by atoms with van der Waals surface area (Å²) in [5.41, 5.74) is -1.33. The molecule has 2 amide bonds. The van der Waals surface area contributed by atoms with E-state index in [1.54, 1.807) is 4.90 Å². The fraction of sp³-hybridized carbons (Fsp3) is 0.600. The van der Waals surface area contributed by atoms with E-state index in [-0.39, 0.29) is 49.1 Å². The first-order valence-corrected chi connectivity index (χ1v) is 10.0. The van der Waals surface area contributed by atoms with Crippen molar-refractivity contribution in [2.24, 2.45) is 5.92 Å². The van der Waals surface area contributed by atoms with Crippen LogP contribution in [-0.2, 0) is 15.7 Å². The van der Waals surface area contributed by atoms with E-state index in [1.165, 1.54) is 4.90 Å². The SMILES string of the molecule is O=C1CO[C@H]2CCN(C(=O)N3CC(c4ccc(OC(F)(F)F)c(C(F)(F)F)c4)C3)C[C@H]2C1. The van der Waals surface area contributed by atoms with Crippen molar-refractivity contribution in [1.29, 1.82) is 0 Å². The number of alkyl halides is 6. The number of amides is 2. The van der Waals surface area contributed by atoms with Gasteiger partial charge in [0.1, 0.15) is 12.4 Å². The molecule has 0 radical (unpaired) electrons. The minimum atomic E-state index is -5.25. The van der Waals surface area contributed by atoms with E-state index in [0.29, 0.717) is 38.1 Å². The maximum Gasteiger partial charge on any atom is 0.573 e. The highest BCUT2D eigenvalue weighted by Gasteiger charge is 2.43. The number of hydrogen-bond donors (Lipinski definition) is 0. The first kappa shape index (κ1) is 22.7. The average Bonchev–Trinajstić information content (AvgIpc) is 2.65. The molecular formula is C20H20F6N2O4. The van der Waals surface area contributed by atoms with Crippen LogP contribution in [0.3, 0.4) is 0 Å². The van der Waals surface area contributed by atoms with Gasteiger partial charge in [-0.2, -0.15) is 13.2 Å². The van der Waals surface area contributed by atoms with Crippen molar-refractivity contribution >= 4 is 11.8 Å². The predicted octanol–water partition coefficient (Wildman–Crippen LogP) is 3.80. The van der Waals surface area contributed by atoms with Gasteiger partial charge in [-0.1, -0.05) is 6.07 Å². The van der Waals surface area contributed by atoms with Gasteiger partial charge in [0.05, 0.1) is 11.7 Å². The van der Waals surface area contributed by atoms with Crippen LogP contribution < -0.4 is 4.74 Å². The van der Waals surface area contributed by atoms with Gasteiger partial charge >= 0.3 is 18.6 Å². The third kappa shape index (κ3) is 4.79. The van der Waals surface area contributed by atoms with Gasteiger partial charge in [0.25, 0.3) is 0 Å². The Bertz CT molecular complexity index is 897. The summed E-state index contributed by atoms with van der Waals surface area (Å²) in [6, 6.07) is 2.18. The molecule has 3 aliphatic heterocycles. The number of Topliss-reactive ketones (excluding diaryl/α,β-unsaturated/α-hetero) is 1. The molecule has 0 bridgehead atoms. The topological polar surface area (TPSA) is 59.1 Å². The Morgan fingerprint density at radius 3 is 2.44 bits per heavy atom. The smallest absolute Gasteiger partial charge is 0.405 e. The van der Waals surface area contributed by atoms with Crippen molar-refractivity contribution in [3.05, 3.63) is 29.3 Å². The number of carbonyl (C=O) groups is 2. The number of piperidine rings is 1. The molecule has 3 aliphatic rings. The number of ether oxygens (including phenoxy) is 2. The number of benzene rings is 1. The number of nitrogens with zero attached hydrogens (tertiary/aromatic N) is 2. The summed E-state index contributed by atoms with van der Waals surface area (Å²) in [5.74, 6) is -1.82. The van der Waals surface area contributed by atoms with Crippen LogP contribution in [0.2, 0.25) is 0 Å². The normalized spacial score (nSPS) is 24.8. The molecule has 176 valence electrons. The Balaban J connectivity index is 1.39. The summed E-state index contributed by atoms with van der Waals surface area (Å²) < 4.78 is 86.0. The zero-order valence-electron chi connectivity index (χ0n) is 16.7. The van der Waals surface area contributed by atoms with Gasteiger partial charge in [0.2, 0.25) is 0 Å². The second-order valence-electron chi connectivity index (χ2n) is 8.27. The van der Waals surface area contributed by atoms with Gasteiger partial charge in [0.15, 0.2) is 5.78 Å². The highest BCUT2D eigenvalue weighted by atomic mass is 19.4. The summed E-state index contributed by atoms with van der Waals surface area (Å²) in [4.78, 5) is 27.4. The maximum atomic E-state index is 13.2. The Labute approximate surface area is 179 Å². The first-order valence-electron chi connectivity index (χ1n) is 10.0. The van der Waals surface area contributed by atoms with E-state index in [2.05, 4.69) is 4.74 Å². The van der Waals surface area contributed by atoms with Crippen molar-refractivity contribution in [3.8, 4) is 5.75 Å². The van der Waals surface area contributed by atoms with Crippen LogP contribution in [0.15, 0.2) is 18.2 Å². The van der Waals surface area contributed by atoms with Crippen LogP contribution in [0.1, 0.15) is 29.9 Å². The fourth-order valence-corrected chi connectivity index (χ4v) is 4.43. The lowest BCUT2D eigenvalue weighted by Crippen LogP contribution is -2.58. The molecule has 2 atom stereocenters. The molecule has 0 unspecified atom stereocenters. The van der Waals surface area contributed by atoms with Crippen LogP contribution in [0.25, 0.3) is 0 Å². The van der Waals surface area contributed by atoms with E-state index in [0.717, 1.165) is 6.07 Å². The minimum absolute atomic E-state index is 0.0111. The largest absolute Gasteiger partial charge is 0.573 e. The summed E-state index contributed by atoms with van der Waals surface area (Å²) >= 11 is 0.